The number of carbonyl (C=O) groups excluding carboxylic acids is 2. The zero-order valence-electron chi connectivity index (χ0n) is 15.8. The number of ether oxygens (including phenoxy) is 1. The Morgan fingerprint density at radius 2 is 1.96 bits per heavy atom. The summed E-state index contributed by atoms with van der Waals surface area (Å²) >= 11 is 0. The lowest BCUT2D eigenvalue weighted by atomic mass is 10.1. The molecule has 4 rings (SSSR count). The Labute approximate surface area is 164 Å². The van der Waals surface area contributed by atoms with Crippen molar-refractivity contribution in [3.8, 4) is 5.88 Å². The predicted molar refractivity (Wildman–Crippen MR) is 106 cm³/mol. The van der Waals surface area contributed by atoms with Gasteiger partial charge in [0.1, 0.15) is 6.10 Å². The van der Waals surface area contributed by atoms with Gasteiger partial charge in [0.05, 0.1) is 5.92 Å². The average molecular weight is 379 g/mol. The lowest BCUT2D eigenvalue weighted by Gasteiger charge is -2.16. The number of amides is 2. The number of hydrogen-bond acceptors (Lipinski definition) is 4. The van der Waals surface area contributed by atoms with Gasteiger partial charge in [-0.15, -0.1) is 0 Å². The van der Waals surface area contributed by atoms with Crippen molar-refractivity contribution >= 4 is 17.5 Å². The highest BCUT2D eigenvalue weighted by atomic mass is 16.5. The van der Waals surface area contributed by atoms with E-state index in [9.17, 15) is 9.59 Å². The zero-order valence-corrected chi connectivity index (χ0v) is 15.8. The summed E-state index contributed by atoms with van der Waals surface area (Å²) in [4.78, 5) is 30.8. The Bertz CT molecular complexity index is 834. The van der Waals surface area contributed by atoms with E-state index in [4.69, 9.17) is 4.74 Å². The molecule has 1 saturated heterocycles. The predicted octanol–water partition coefficient (Wildman–Crippen LogP) is 3.07. The van der Waals surface area contributed by atoms with Crippen LogP contribution < -0.4 is 15.0 Å². The molecule has 1 aliphatic carbocycles. The lowest BCUT2D eigenvalue weighted by Crippen LogP contribution is -2.32. The van der Waals surface area contributed by atoms with Crippen LogP contribution in [0.25, 0.3) is 0 Å². The summed E-state index contributed by atoms with van der Waals surface area (Å²) in [5, 5.41) is 2.95. The lowest BCUT2D eigenvalue weighted by molar-refractivity contribution is -0.126. The van der Waals surface area contributed by atoms with Crippen LogP contribution in [0.4, 0.5) is 5.69 Å². The van der Waals surface area contributed by atoms with E-state index in [2.05, 4.69) is 10.3 Å². The monoisotopic (exact) mass is 379 g/mol. The normalized spacial score (nSPS) is 19.8. The topological polar surface area (TPSA) is 71.5 Å². The Kier molecular flexibility index (Phi) is 5.55. The molecule has 2 amide bonds. The fourth-order valence-electron chi connectivity index (χ4n) is 3.88. The number of hydrogen-bond donors (Lipinski definition) is 1. The van der Waals surface area contributed by atoms with Crippen LogP contribution in [0.5, 0.6) is 5.88 Å². The number of benzene rings is 1. The van der Waals surface area contributed by atoms with Crippen LogP contribution in [-0.4, -0.2) is 29.4 Å². The molecular formula is C22H25N3O3. The minimum absolute atomic E-state index is 0.0116. The highest BCUT2D eigenvalue weighted by Gasteiger charge is 2.34. The molecule has 0 radical (unpaired) electrons. The molecule has 1 saturated carbocycles. The SMILES string of the molecule is O=C(NCc1ccnc(OC2CCCC2)c1)[C@H]1CC(=O)N(c2ccccc2)C1. The summed E-state index contributed by atoms with van der Waals surface area (Å²) in [6, 6.07) is 13.2. The second-order valence-corrected chi connectivity index (χ2v) is 7.49. The van der Waals surface area contributed by atoms with Gasteiger partial charge >= 0.3 is 0 Å². The Morgan fingerprint density at radius 1 is 1.18 bits per heavy atom. The highest BCUT2D eigenvalue weighted by molar-refractivity contribution is 6.00. The summed E-state index contributed by atoms with van der Waals surface area (Å²) in [5.41, 5.74) is 1.78. The van der Waals surface area contributed by atoms with Gasteiger partial charge in [-0.3, -0.25) is 9.59 Å². The standard InChI is InChI=1S/C22H25N3O3/c26-21-13-17(15-25(21)18-6-2-1-3-7-18)22(27)24-14-16-10-11-23-20(12-16)28-19-8-4-5-9-19/h1-3,6-7,10-12,17,19H,4-5,8-9,13-15H2,(H,24,27)/t17-/m0/s1. The second-order valence-electron chi connectivity index (χ2n) is 7.49. The highest BCUT2D eigenvalue weighted by Crippen LogP contribution is 2.25. The van der Waals surface area contributed by atoms with Gasteiger partial charge in [0.25, 0.3) is 0 Å². The third-order valence-corrected chi connectivity index (χ3v) is 5.42. The maximum Gasteiger partial charge on any atom is 0.227 e. The van der Waals surface area contributed by atoms with E-state index in [1.807, 2.05) is 42.5 Å². The molecule has 1 aromatic carbocycles. The molecule has 1 N–H and O–H groups in total. The van der Waals surface area contributed by atoms with Crippen molar-refractivity contribution in [3.05, 3.63) is 54.2 Å². The van der Waals surface area contributed by atoms with Crippen LogP contribution in [0.15, 0.2) is 48.7 Å². The smallest absolute Gasteiger partial charge is 0.227 e. The summed E-state index contributed by atoms with van der Waals surface area (Å²) in [6.45, 7) is 0.819. The summed E-state index contributed by atoms with van der Waals surface area (Å²) in [7, 11) is 0. The second kappa shape index (κ2) is 8.42. The molecule has 2 fully saturated rings. The van der Waals surface area contributed by atoms with E-state index in [0.29, 0.717) is 19.0 Å². The molecule has 2 aliphatic rings. The minimum atomic E-state index is -0.330. The average Bonchev–Trinajstić information content (AvgIpc) is 3.37. The van der Waals surface area contributed by atoms with Crippen molar-refractivity contribution in [2.75, 3.05) is 11.4 Å². The van der Waals surface area contributed by atoms with Crippen LogP contribution >= 0.6 is 0 Å². The fraction of sp³-hybridized carbons (Fsp3) is 0.409. The molecule has 0 bridgehead atoms. The van der Waals surface area contributed by atoms with E-state index in [1.165, 1.54) is 12.8 Å². The van der Waals surface area contributed by atoms with Crippen molar-refractivity contribution in [2.45, 2.75) is 44.8 Å². The maximum atomic E-state index is 12.6. The summed E-state index contributed by atoms with van der Waals surface area (Å²) in [6.07, 6.45) is 6.79. The van der Waals surface area contributed by atoms with Gasteiger partial charge in [0.15, 0.2) is 0 Å². The number of nitrogens with zero attached hydrogens (tertiary/aromatic N) is 2. The van der Waals surface area contributed by atoms with Gasteiger partial charge in [-0.25, -0.2) is 4.98 Å². The van der Waals surface area contributed by atoms with Gasteiger partial charge in [0.2, 0.25) is 17.7 Å². The molecule has 0 unspecified atom stereocenters. The first kappa shape index (κ1) is 18.5. The number of carbonyl (C=O) groups is 2. The Hall–Kier alpha value is -2.89. The van der Waals surface area contributed by atoms with Crippen molar-refractivity contribution in [1.82, 2.24) is 10.3 Å². The summed E-state index contributed by atoms with van der Waals surface area (Å²) in [5.74, 6) is 0.179. The van der Waals surface area contributed by atoms with Crippen molar-refractivity contribution in [2.24, 2.45) is 5.92 Å². The number of nitrogens with one attached hydrogen (secondary N) is 1. The van der Waals surface area contributed by atoms with Crippen LogP contribution in [-0.2, 0) is 16.1 Å². The number of para-hydroxylation sites is 1. The largest absolute Gasteiger partial charge is 0.474 e. The van der Waals surface area contributed by atoms with E-state index >= 15 is 0 Å². The molecule has 1 atom stereocenters. The minimum Gasteiger partial charge on any atom is -0.474 e. The molecule has 6 nitrogen and oxygen atoms in total. The van der Waals surface area contributed by atoms with E-state index in [1.54, 1.807) is 11.1 Å². The molecule has 146 valence electrons. The van der Waals surface area contributed by atoms with Crippen molar-refractivity contribution in [1.29, 1.82) is 0 Å². The van der Waals surface area contributed by atoms with Crippen LogP contribution in [0.2, 0.25) is 0 Å². The van der Waals surface area contributed by atoms with E-state index in [-0.39, 0.29) is 30.3 Å². The first-order chi connectivity index (χ1) is 13.7. The zero-order chi connectivity index (χ0) is 19.3. The molecule has 1 aliphatic heterocycles. The quantitative estimate of drug-likeness (QED) is 0.837. The molecule has 2 aromatic rings. The van der Waals surface area contributed by atoms with Gasteiger partial charge < -0.3 is 15.0 Å². The molecule has 0 spiro atoms. The number of anilines is 1. The third-order valence-electron chi connectivity index (χ3n) is 5.42. The van der Waals surface area contributed by atoms with Crippen LogP contribution in [0, 0.1) is 5.92 Å². The van der Waals surface area contributed by atoms with Gasteiger partial charge in [0, 0.05) is 37.5 Å². The third kappa shape index (κ3) is 4.32. The first-order valence-corrected chi connectivity index (χ1v) is 9.94. The maximum absolute atomic E-state index is 12.6. The molecule has 6 heteroatoms. The van der Waals surface area contributed by atoms with Gasteiger partial charge in [-0.2, -0.15) is 0 Å². The van der Waals surface area contributed by atoms with Crippen molar-refractivity contribution < 1.29 is 14.3 Å². The van der Waals surface area contributed by atoms with Gasteiger partial charge in [-0.1, -0.05) is 18.2 Å². The summed E-state index contributed by atoms with van der Waals surface area (Å²) < 4.78 is 5.92. The number of rotatable bonds is 6. The molecule has 1 aromatic heterocycles. The van der Waals surface area contributed by atoms with Crippen molar-refractivity contribution in [3.63, 3.8) is 0 Å². The molecule has 2 heterocycles. The molecule has 28 heavy (non-hydrogen) atoms. The van der Waals surface area contributed by atoms with E-state index < -0.39 is 0 Å². The van der Waals surface area contributed by atoms with Crippen LogP contribution in [0.3, 0.4) is 0 Å². The number of pyridine rings is 1. The van der Waals surface area contributed by atoms with Gasteiger partial charge in [-0.05, 0) is 49.4 Å². The van der Waals surface area contributed by atoms with E-state index in [0.717, 1.165) is 24.1 Å². The Morgan fingerprint density at radius 3 is 2.75 bits per heavy atom. The van der Waals surface area contributed by atoms with Crippen LogP contribution in [0.1, 0.15) is 37.7 Å². The fourth-order valence-corrected chi connectivity index (χ4v) is 3.88. The Balaban J connectivity index is 1.31. The number of aromatic nitrogens is 1. The first-order valence-electron chi connectivity index (χ1n) is 9.94. The molecular weight excluding hydrogens is 354 g/mol.